The molecule has 0 fully saturated rings. The van der Waals surface area contributed by atoms with Crippen molar-refractivity contribution in [3.8, 4) is 0 Å². The lowest BCUT2D eigenvalue weighted by molar-refractivity contribution is 0.627. The highest BCUT2D eigenvalue weighted by Gasteiger charge is 2.08. The highest BCUT2D eigenvalue weighted by Crippen LogP contribution is 2.19. The number of aryl methyl sites for hydroxylation is 2. The van der Waals surface area contributed by atoms with E-state index >= 15 is 0 Å². The maximum absolute atomic E-state index is 13.4. The summed E-state index contributed by atoms with van der Waals surface area (Å²) < 4.78 is 26.5. The van der Waals surface area contributed by atoms with Crippen molar-refractivity contribution in [2.75, 3.05) is 17.2 Å². The van der Waals surface area contributed by atoms with Gasteiger partial charge in [0, 0.05) is 23.6 Å². The molecule has 2 aromatic carbocycles. The number of benzene rings is 2. The van der Waals surface area contributed by atoms with Gasteiger partial charge < -0.3 is 10.6 Å². The average molecular weight is 475 g/mol. The second-order valence-electron chi connectivity index (χ2n) is 6.91. The lowest BCUT2D eigenvalue weighted by Gasteiger charge is -2.14. The second-order valence-corrected chi connectivity index (χ2v) is 7.73. The van der Waals surface area contributed by atoms with Gasteiger partial charge in [-0.15, -0.1) is 0 Å². The molecule has 0 saturated carbocycles. The van der Waals surface area contributed by atoms with E-state index in [0.29, 0.717) is 30.6 Å². The van der Waals surface area contributed by atoms with Crippen molar-refractivity contribution in [3.63, 3.8) is 0 Å². The summed E-state index contributed by atoms with van der Waals surface area (Å²) in [5.74, 6) is -0.121. The highest BCUT2D eigenvalue weighted by molar-refractivity contribution is 7.80. The van der Waals surface area contributed by atoms with Crippen LogP contribution >= 0.6 is 23.8 Å². The van der Waals surface area contributed by atoms with E-state index in [2.05, 4.69) is 30.9 Å². The standard InChI is InChI=1S/C22H21ClF2N6S/c1-13-11-14(2)28-21(27-13)30-20(26-10-9-15-3-5-16(24)6-4-15)31-22(32)29-17-7-8-19(25)18(23)12-17/h3-8,11-12H,9-10H2,1-2H3,(H3,26,27,28,29,30,31,32). The van der Waals surface area contributed by atoms with Crippen LogP contribution in [0.15, 0.2) is 53.5 Å². The minimum Gasteiger partial charge on any atom is -0.332 e. The van der Waals surface area contributed by atoms with Crippen molar-refractivity contribution in [1.29, 1.82) is 0 Å². The predicted octanol–water partition coefficient (Wildman–Crippen LogP) is 5.02. The number of nitrogens with one attached hydrogen (secondary N) is 3. The summed E-state index contributed by atoms with van der Waals surface area (Å²) in [5.41, 5.74) is 3.06. The Kier molecular flexibility index (Phi) is 8.02. The summed E-state index contributed by atoms with van der Waals surface area (Å²) in [6.45, 7) is 4.13. The Balaban J connectivity index is 1.72. The molecular formula is C22H21ClF2N6S. The summed E-state index contributed by atoms with van der Waals surface area (Å²) in [7, 11) is 0. The Morgan fingerprint density at radius 1 is 1.00 bits per heavy atom. The molecule has 3 N–H and O–H groups in total. The average Bonchev–Trinajstić information content (AvgIpc) is 2.71. The van der Waals surface area contributed by atoms with Crippen molar-refractivity contribution in [3.05, 3.63) is 82.1 Å². The van der Waals surface area contributed by atoms with Gasteiger partial charge in [-0.1, -0.05) is 23.7 Å². The van der Waals surface area contributed by atoms with Crippen LogP contribution in [-0.2, 0) is 6.42 Å². The molecule has 0 aliphatic heterocycles. The molecule has 6 nitrogen and oxygen atoms in total. The van der Waals surface area contributed by atoms with Crippen LogP contribution in [0.1, 0.15) is 17.0 Å². The van der Waals surface area contributed by atoms with Gasteiger partial charge in [0.25, 0.3) is 0 Å². The fraction of sp³-hybridized carbons (Fsp3) is 0.182. The van der Waals surface area contributed by atoms with E-state index in [4.69, 9.17) is 23.8 Å². The van der Waals surface area contributed by atoms with Crippen molar-refractivity contribution < 1.29 is 8.78 Å². The Hall–Kier alpha value is -3.17. The summed E-state index contributed by atoms with van der Waals surface area (Å²) in [6, 6.07) is 12.3. The zero-order valence-corrected chi connectivity index (χ0v) is 19.0. The van der Waals surface area contributed by atoms with Gasteiger partial charge in [-0.2, -0.15) is 0 Å². The molecule has 0 radical (unpaired) electrons. The van der Waals surface area contributed by atoms with Crippen LogP contribution in [-0.4, -0.2) is 27.6 Å². The van der Waals surface area contributed by atoms with E-state index in [1.165, 1.54) is 30.3 Å². The van der Waals surface area contributed by atoms with Crippen LogP contribution in [0.3, 0.4) is 0 Å². The molecule has 0 bridgehead atoms. The molecule has 0 unspecified atom stereocenters. The Labute approximate surface area is 195 Å². The Morgan fingerprint density at radius 2 is 1.69 bits per heavy atom. The fourth-order valence-corrected chi connectivity index (χ4v) is 3.18. The number of rotatable bonds is 5. The molecule has 0 spiro atoms. The minimum atomic E-state index is -0.521. The third-order valence-electron chi connectivity index (χ3n) is 4.21. The number of hydrogen-bond acceptors (Lipinski definition) is 4. The SMILES string of the molecule is Cc1cc(C)nc(NC(=NCCc2ccc(F)cc2)NC(=S)Nc2ccc(F)c(Cl)c2)n1. The minimum absolute atomic E-state index is 0.0206. The first kappa shape index (κ1) is 23.5. The zero-order valence-electron chi connectivity index (χ0n) is 17.4. The van der Waals surface area contributed by atoms with Gasteiger partial charge in [0.2, 0.25) is 11.9 Å². The molecule has 0 amide bonds. The number of halogens is 3. The smallest absolute Gasteiger partial charge is 0.229 e. The van der Waals surface area contributed by atoms with Crippen LogP contribution in [0.4, 0.5) is 20.4 Å². The summed E-state index contributed by atoms with van der Waals surface area (Å²) in [6.07, 6.45) is 0.592. The maximum atomic E-state index is 13.4. The summed E-state index contributed by atoms with van der Waals surface area (Å²) in [4.78, 5) is 13.2. The van der Waals surface area contributed by atoms with Crippen molar-refractivity contribution in [2.45, 2.75) is 20.3 Å². The van der Waals surface area contributed by atoms with Crippen LogP contribution in [0.25, 0.3) is 0 Å². The van der Waals surface area contributed by atoms with Gasteiger partial charge in [-0.05, 0) is 74.4 Å². The van der Waals surface area contributed by atoms with Crippen LogP contribution in [0.2, 0.25) is 5.02 Å². The van der Waals surface area contributed by atoms with E-state index in [-0.39, 0.29) is 16.0 Å². The van der Waals surface area contributed by atoms with E-state index in [9.17, 15) is 8.78 Å². The molecule has 3 rings (SSSR count). The maximum Gasteiger partial charge on any atom is 0.229 e. The quantitative estimate of drug-likeness (QED) is 0.274. The van der Waals surface area contributed by atoms with Gasteiger partial charge in [-0.25, -0.2) is 18.7 Å². The molecule has 0 saturated heterocycles. The molecular weight excluding hydrogens is 454 g/mol. The molecule has 0 aliphatic carbocycles. The lowest BCUT2D eigenvalue weighted by Crippen LogP contribution is -2.39. The highest BCUT2D eigenvalue weighted by atomic mass is 35.5. The number of anilines is 2. The fourth-order valence-electron chi connectivity index (χ4n) is 2.79. The molecule has 0 atom stereocenters. The number of aliphatic imine (C=N–C) groups is 1. The summed E-state index contributed by atoms with van der Waals surface area (Å²) in [5, 5.41) is 9.12. The van der Waals surface area contributed by atoms with Gasteiger partial charge in [0.05, 0.1) is 5.02 Å². The third-order valence-corrected chi connectivity index (χ3v) is 4.70. The first-order valence-electron chi connectivity index (χ1n) is 9.70. The Morgan fingerprint density at radius 3 is 2.34 bits per heavy atom. The number of thiocarbonyl (C=S) groups is 1. The molecule has 1 aromatic heterocycles. The number of aromatic nitrogens is 2. The topological polar surface area (TPSA) is 74.2 Å². The first-order chi connectivity index (χ1) is 15.3. The summed E-state index contributed by atoms with van der Waals surface area (Å²) >= 11 is 11.2. The number of hydrogen-bond donors (Lipinski definition) is 3. The molecule has 3 aromatic rings. The molecule has 32 heavy (non-hydrogen) atoms. The van der Waals surface area contributed by atoms with Gasteiger partial charge in [0.15, 0.2) is 5.11 Å². The van der Waals surface area contributed by atoms with E-state index < -0.39 is 5.82 Å². The molecule has 166 valence electrons. The van der Waals surface area contributed by atoms with Crippen molar-refractivity contribution >= 4 is 46.5 Å². The number of guanidine groups is 1. The normalized spacial score (nSPS) is 11.2. The van der Waals surface area contributed by atoms with Crippen LogP contribution in [0, 0.1) is 25.5 Å². The first-order valence-corrected chi connectivity index (χ1v) is 10.5. The zero-order chi connectivity index (χ0) is 23.1. The molecule has 0 aliphatic rings. The second kappa shape index (κ2) is 10.9. The van der Waals surface area contributed by atoms with Crippen molar-refractivity contribution in [1.82, 2.24) is 15.3 Å². The van der Waals surface area contributed by atoms with Gasteiger partial charge in [-0.3, -0.25) is 10.3 Å². The largest absolute Gasteiger partial charge is 0.332 e. The van der Waals surface area contributed by atoms with Gasteiger partial charge >= 0.3 is 0 Å². The third kappa shape index (κ3) is 7.21. The van der Waals surface area contributed by atoms with E-state index in [1.54, 1.807) is 12.1 Å². The Bertz CT molecular complexity index is 1120. The molecule has 10 heteroatoms. The molecule has 1 heterocycles. The van der Waals surface area contributed by atoms with Crippen LogP contribution < -0.4 is 16.0 Å². The van der Waals surface area contributed by atoms with Gasteiger partial charge in [0.1, 0.15) is 11.6 Å². The van der Waals surface area contributed by atoms with E-state index in [1.807, 2.05) is 19.9 Å². The number of nitrogens with zero attached hydrogens (tertiary/aromatic N) is 3. The van der Waals surface area contributed by atoms with Crippen LogP contribution in [0.5, 0.6) is 0 Å². The van der Waals surface area contributed by atoms with Crippen molar-refractivity contribution in [2.24, 2.45) is 4.99 Å². The lowest BCUT2D eigenvalue weighted by atomic mass is 10.1. The van der Waals surface area contributed by atoms with E-state index in [0.717, 1.165) is 17.0 Å². The monoisotopic (exact) mass is 474 g/mol. The predicted molar refractivity (Wildman–Crippen MR) is 128 cm³/mol.